The van der Waals surface area contributed by atoms with Crippen molar-refractivity contribution in [1.82, 2.24) is 0 Å². The van der Waals surface area contributed by atoms with Crippen LogP contribution in [0.3, 0.4) is 0 Å². The van der Waals surface area contributed by atoms with Crippen molar-refractivity contribution in [3.63, 3.8) is 0 Å². The normalized spacial score (nSPS) is 10.1. The van der Waals surface area contributed by atoms with Gasteiger partial charge in [0.15, 0.2) is 0 Å². The Morgan fingerprint density at radius 1 is 0.556 bits per heavy atom. The minimum absolute atomic E-state index is 0.0410. The van der Waals surface area contributed by atoms with E-state index in [0.29, 0.717) is 25.7 Å². The first-order valence-corrected chi connectivity index (χ1v) is 11.6. The summed E-state index contributed by atoms with van der Waals surface area (Å²) < 4.78 is 0. The van der Waals surface area contributed by atoms with Crippen molar-refractivity contribution >= 4 is 22.9 Å². The van der Waals surface area contributed by atoms with Gasteiger partial charge in [0.05, 0.1) is 4.92 Å². The van der Waals surface area contributed by atoms with Crippen molar-refractivity contribution in [2.75, 3.05) is 5.73 Å². The van der Waals surface area contributed by atoms with Gasteiger partial charge in [-0.05, 0) is 34.4 Å². The molecule has 4 aromatic rings. The standard InChI is InChI=1S/C15H13NO3.C15H15NO/c17-15(10-12-4-2-1-3-5-12)11-13-6-8-14(9-7-13)16(18)19;16-14-8-6-13(7-9-14)11-15(17)10-12-4-2-1-3-5-12/h1-9H,10-11H2;1-9H,10-11,16H2. The van der Waals surface area contributed by atoms with E-state index in [1.165, 1.54) is 12.1 Å². The van der Waals surface area contributed by atoms with Crippen LogP contribution >= 0.6 is 0 Å². The highest BCUT2D eigenvalue weighted by Crippen LogP contribution is 2.13. The average molecular weight is 481 g/mol. The number of nitrogen functional groups attached to an aromatic ring is 1. The van der Waals surface area contributed by atoms with Gasteiger partial charge in [-0.25, -0.2) is 0 Å². The molecule has 0 unspecified atom stereocenters. The summed E-state index contributed by atoms with van der Waals surface area (Å²) >= 11 is 0. The first-order valence-electron chi connectivity index (χ1n) is 11.6. The molecule has 0 amide bonds. The van der Waals surface area contributed by atoms with Crippen molar-refractivity contribution < 1.29 is 14.5 Å². The molecule has 0 spiro atoms. The van der Waals surface area contributed by atoms with Crippen LogP contribution in [0.25, 0.3) is 0 Å². The van der Waals surface area contributed by atoms with Crippen molar-refractivity contribution in [2.24, 2.45) is 0 Å². The second kappa shape index (κ2) is 13.3. The van der Waals surface area contributed by atoms with E-state index >= 15 is 0 Å². The number of nitrogens with two attached hydrogens (primary N) is 1. The zero-order chi connectivity index (χ0) is 25.8. The lowest BCUT2D eigenvalue weighted by Gasteiger charge is -2.02. The number of hydrogen-bond donors (Lipinski definition) is 1. The predicted molar refractivity (Wildman–Crippen MR) is 142 cm³/mol. The molecule has 0 aromatic heterocycles. The fourth-order valence-corrected chi connectivity index (χ4v) is 3.60. The van der Waals surface area contributed by atoms with Gasteiger partial charge in [0.2, 0.25) is 0 Å². The fourth-order valence-electron chi connectivity index (χ4n) is 3.60. The fraction of sp³-hybridized carbons (Fsp3) is 0.133. The molecule has 0 radical (unpaired) electrons. The molecule has 0 saturated heterocycles. The number of nitro groups is 1. The molecular weight excluding hydrogens is 452 g/mol. The van der Waals surface area contributed by atoms with E-state index in [9.17, 15) is 19.7 Å². The lowest BCUT2D eigenvalue weighted by molar-refractivity contribution is -0.384. The smallest absolute Gasteiger partial charge is 0.269 e. The number of hydrogen-bond acceptors (Lipinski definition) is 5. The van der Waals surface area contributed by atoms with E-state index in [-0.39, 0.29) is 17.3 Å². The third-order valence-electron chi connectivity index (χ3n) is 5.42. The van der Waals surface area contributed by atoms with E-state index in [2.05, 4.69) is 0 Å². The van der Waals surface area contributed by atoms with Gasteiger partial charge >= 0.3 is 0 Å². The Labute approximate surface area is 210 Å². The number of carbonyl (C=O) groups excluding carboxylic acids is 2. The van der Waals surface area contributed by atoms with E-state index < -0.39 is 4.92 Å². The zero-order valence-electron chi connectivity index (χ0n) is 19.9. The Bertz CT molecular complexity index is 1270. The molecule has 0 fully saturated rings. The van der Waals surface area contributed by atoms with Crippen molar-refractivity contribution in [2.45, 2.75) is 25.7 Å². The molecule has 36 heavy (non-hydrogen) atoms. The number of rotatable bonds is 9. The molecule has 0 atom stereocenters. The first kappa shape index (κ1) is 26.0. The molecule has 2 N–H and O–H groups in total. The van der Waals surface area contributed by atoms with Crippen LogP contribution in [-0.4, -0.2) is 16.5 Å². The third-order valence-corrected chi connectivity index (χ3v) is 5.42. The molecule has 4 aromatic carbocycles. The topological polar surface area (TPSA) is 103 Å². The van der Waals surface area contributed by atoms with Gasteiger partial charge < -0.3 is 5.73 Å². The lowest BCUT2D eigenvalue weighted by atomic mass is 10.0. The Kier molecular flexibility index (Phi) is 9.65. The number of anilines is 1. The quantitative estimate of drug-likeness (QED) is 0.192. The van der Waals surface area contributed by atoms with Crippen LogP contribution in [0.1, 0.15) is 22.3 Å². The van der Waals surface area contributed by atoms with Crippen LogP contribution in [0.5, 0.6) is 0 Å². The molecule has 4 rings (SSSR count). The van der Waals surface area contributed by atoms with Gasteiger partial charge in [0.25, 0.3) is 5.69 Å². The minimum Gasteiger partial charge on any atom is -0.399 e. The highest BCUT2D eigenvalue weighted by molar-refractivity contribution is 5.83. The molecule has 6 nitrogen and oxygen atoms in total. The van der Waals surface area contributed by atoms with Crippen LogP contribution in [0.2, 0.25) is 0 Å². The van der Waals surface area contributed by atoms with E-state index in [0.717, 1.165) is 27.9 Å². The van der Waals surface area contributed by atoms with E-state index in [1.807, 2.05) is 84.9 Å². The summed E-state index contributed by atoms with van der Waals surface area (Å²) in [5.74, 6) is 0.320. The van der Waals surface area contributed by atoms with Crippen LogP contribution < -0.4 is 5.73 Å². The number of benzene rings is 4. The predicted octanol–water partition coefficient (Wildman–Crippen LogP) is 5.57. The SMILES string of the molecule is Nc1ccc(CC(=O)Cc2ccccc2)cc1.O=C(Cc1ccccc1)Cc1ccc([N+](=O)[O-])cc1. The van der Waals surface area contributed by atoms with E-state index in [1.54, 1.807) is 12.1 Å². The molecule has 0 heterocycles. The number of carbonyl (C=O) groups is 2. The highest BCUT2D eigenvalue weighted by atomic mass is 16.6. The van der Waals surface area contributed by atoms with Gasteiger partial charge in [-0.3, -0.25) is 19.7 Å². The lowest BCUT2D eigenvalue weighted by Crippen LogP contribution is -2.06. The monoisotopic (exact) mass is 480 g/mol. The average Bonchev–Trinajstić information content (AvgIpc) is 2.87. The zero-order valence-corrected chi connectivity index (χ0v) is 19.9. The van der Waals surface area contributed by atoms with Crippen LogP contribution in [0.15, 0.2) is 109 Å². The van der Waals surface area contributed by atoms with Crippen molar-refractivity contribution in [3.05, 3.63) is 142 Å². The van der Waals surface area contributed by atoms with Crippen molar-refractivity contribution in [1.29, 1.82) is 0 Å². The molecule has 0 saturated carbocycles. The maximum atomic E-state index is 11.9. The largest absolute Gasteiger partial charge is 0.399 e. The molecule has 6 heteroatoms. The Balaban J connectivity index is 0.000000202. The van der Waals surface area contributed by atoms with E-state index in [4.69, 9.17) is 5.73 Å². The highest BCUT2D eigenvalue weighted by Gasteiger charge is 2.08. The van der Waals surface area contributed by atoms with Gasteiger partial charge in [0.1, 0.15) is 11.6 Å². The number of nitrogens with zero attached hydrogens (tertiary/aromatic N) is 1. The van der Waals surface area contributed by atoms with Gasteiger partial charge in [-0.2, -0.15) is 0 Å². The maximum Gasteiger partial charge on any atom is 0.269 e. The molecule has 182 valence electrons. The second-order valence-electron chi connectivity index (χ2n) is 8.42. The number of nitro benzene ring substituents is 1. The van der Waals surface area contributed by atoms with Crippen LogP contribution in [-0.2, 0) is 35.3 Å². The van der Waals surface area contributed by atoms with Gasteiger partial charge in [-0.1, -0.05) is 84.9 Å². The number of Topliss-reactive ketones (excluding diaryl/α,β-unsaturated/α-hetero) is 2. The Morgan fingerprint density at radius 2 is 0.889 bits per heavy atom. The molecule has 0 bridgehead atoms. The molecule has 0 aliphatic heterocycles. The minimum atomic E-state index is -0.449. The van der Waals surface area contributed by atoms with Crippen molar-refractivity contribution in [3.8, 4) is 0 Å². The first-order chi connectivity index (χ1) is 17.4. The Hall–Kier alpha value is -4.58. The summed E-state index contributed by atoms with van der Waals surface area (Å²) in [4.78, 5) is 33.8. The second-order valence-corrected chi connectivity index (χ2v) is 8.42. The summed E-state index contributed by atoms with van der Waals surface area (Å²) in [6.07, 6.45) is 1.64. The molecule has 0 aliphatic carbocycles. The number of non-ortho nitro benzene ring substituents is 1. The summed E-state index contributed by atoms with van der Waals surface area (Å²) in [6, 6.07) is 32.9. The van der Waals surface area contributed by atoms with Gasteiger partial charge in [0, 0.05) is 43.5 Å². The summed E-state index contributed by atoms with van der Waals surface area (Å²) in [6.45, 7) is 0. The Morgan fingerprint density at radius 3 is 1.25 bits per heavy atom. The van der Waals surface area contributed by atoms with Crippen LogP contribution in [0, 0.1) is 10.1 Å². The number of ketones is 2. The summed E-state index contributed by atoms with van der Waals surface area (Å²) in [5, 5.41) is 10.5. The van der Waals surface area contributed by atoms with Crippen LogP contribution in [0.4, 0.5) is 11.4 Å². The summed E-state index contributed by atoms with van der Waals surface area (Å²) in [7, 11) is 0. The molecular formula is C30H28N2O4. The van der Waals surface area contributed by atoms with Gasteiger partial charge in [-0.15, -0.1) is 0 Å². The maximum absolute atomic E-state index is 11.9. The summed E-state index contributed by atoms with van der Waals surface area (Å²) in [5.41, 5.74) is 10.2. The molecule has 0 aliphatic rings. The third kappa shape index (κ3) is 8.99.